The van der Waals surface area contributed by atoms with Gasteiger partial charge in [-0.25, -0.2) is 0 Å². The minimum absolute atomic E-state index is 0.0671. The predicted molar refractivity (Wildman–Crippen MR) is 109 cm³/mol. The van der Waals surface area contributed by atoms with Crippen molar-refractivity contribution in [2.75, 3.05) is 7.11 Å². The van der Waals surface area contributed by atoms with Crippen molar-refractivity contribution in [3.63, 3.8) is 0 Å². The molecule has 4 aliphatic carbocycles. The number of carbonyl (C=O) groups is 1. The zero-order valence-corrected chi connectivity index (χ0v) is 17.1. The first-order chi connectivity index (χ1) is 13.5. The lowest BCUT2D eigenvalue weighted by molar-refractivity contribution is -0.116. The lowest BCUT2D eigenvalue weighted by Gasteiger charge is -2.56. The molecule has 0 amide bonds. The highest BCUT2D eigenvalue weighted by Crippen LogP contribution is 2.64. The number of hydrogen-bond donors (Lipinski definition) is 1. The lowest BCUT2D eigenvalue weighted by Crippen LogP contribution is -2.50. The van der Waals surface area contributed by atoms with E-state index in [4.69, 9.17) is 4.74 Å². The van der Waals surface area contributed by atoms with Gasteiger partial charge in [-0.1, -0.05) is 24.6 Å². The van der Waals surface area contributed by atoms with Crippen molar-refractivity contribution in [1.29, 1.82) is 0 Å². The van der Waals surface area contributed by atoms with Crippen molar-refractivity contribution in [3.8, 4) is 5.75 Å². The summed E-state index contributed by atoms with van der Waals surface area (Å²) in [5.41, 5.74) is 2.84. The number of methoxy groups -OCH3 is 1. The van der Waals surface area contributed by atoms with Gasteiger partial charge in [0, 0.05) is 6.42 Å². The van der Waals surface area contributed by atoms with E-state index in [1.54, 1.807) is 7.11 Å². The summed E-state index contributed by atoms with van der Waals surface area (Å²) in [6.45, 7) is 2.34. The zero-order valence-electron chi connectivity index (χ0n) is 17.1. The maximum absolute atomic E-state index is 12.2. The number of allylic oxidation sites excluding steroid dienone is 1. The van der Waals surface area contributed by atoms with Gasteiger partial charge in [-0.15, -0.1) is 0 Å². The van der Waals surface area contributed by atoms with Crippen molar-refractivity contribution < 1.29 is 14.6 Å². The van der Waals surface area contributed by atoms with Crippen molar-refractivity contribution in [2.45, 2.75) is 63.9 Å². The fourth-order valence-corrected chi connectivity index (χ4v) is 7.39. The number of benzene rings is 1. The monoisotopic (exact) mass is 380 g/mol. The number of hydrogen-bond acceptors (Lipinski definition) is 3. The van der Waals surface area contributed by atoms with Gasteiger partial charge in [0.25, 0.3) is 0 Å². The fraction of sp³-hybridized carbons (Fsp3) is 0.640. The Morgan fingerprint density at radius 3 is 2.61 bits per heavy atom. The van der Waals surface area contributed by atoms with E-state index < -0.39 is 0 Å². The van der Waals surface area contributed by atoms with Gasteiger partial charge in [0.2, 0.25) is 0 Å². The standard InChI is InChI=1S/C25H32O3/c1-25-12-11-20-19-8-5-17(26)13-16(19)14-21(15-3-6-18(28-2)7-4-15)24(20)22(25)9-10-23(25)27/h3-4,6-7,13,19-24,27H,5,8-12,14H2,1-2H3/t19-,20+,21-,22-,23-,24-,25-/m0/s1. The van der Waals surface area contributed by atoms with Crippen LogP contribution < -0.4 is 4.74 Å². The van der Waals surface area contributed by atoms with E-state index in [0.29, 0.717) is 35.4 Å². The second-order valence-electron chi connectivity index (χ2n) is 9.90. The number of ketones is 1. The normalized spacial score (nSPS) is 42.2. The molecule has 3 nitrogen and oxygen atoms in total. The minimum atomic E-state index is -0.153. The number of aliphatic hydroxyl groups excluding tert-OH is 1. The first-order valence-corrected chi connectivity index (χ1v) is 11.1. The highest BCUT2D eigenvalue weighted by atomic mass is 16.5. The Morgan fingerprint density at radius 2 is 1.86 bits per heavy atom. The molecule has 1 aromatic rings. The Kier molecular flexibility index (Phi) is 4.42. The molecule has 0 saturated heterocycles. The van der Waals surface area contributed by atoms with Crippen LogP contribution in [-0.2, 0) is 4.79 Å². The summed E-state index contributed by atoms with van der Waals surface area (Å²) in [7, 11) is 1.71. The van der Waals surface area contributed by atoms with Crippen LogP contribution in [0.4, 0.5) is 0 Å². The lowest BCUT2D eigenvalue weighted by atomic mass is 9.48. The average Bonchev–Trinajstić information content (AvgIpc) is 3.02. The molecule has 1 aromatic carbocycles. The summed E-state index contributed by atoms with van der Waals surface area (Å²) in [6.07, 6.45) is 9.01. The molecule has 0 heterocycles. The second-order valence-corrected chi connectivity index (χ2v) is 9.90. The van der Waals surface area contributed by atoms with E-state index in [-0.39, 0.29) is 11.5 Å². The Balaban J connectivity index is 1.57. The third kappa shape index (κ3) is 2.69. The smallest absolute Gasteiger partial charge is 0.155 e. The van der Waals surface area contributed by atoms with Crippen LogP contribution in [0.2, 0.25) is 0 Å². The van der Waals surface area contributed by atoms with E-state index in [0.717, 1.165) is 44.3 Å². The molecule has 0 bridgehead atoms. The maximum atomic E-state index is 12.2. The molecule has 5 rings (SSSR count). The van der Waals surface area contributed by atoms with Crippen molar-refractivity contribution >= 4 is 5.78 Å². The zero-order chi connectivity index (χ0) is 19.5. The molecule has 0 radical (unpaired) electrons. The van der Waals surface area contributed by atoms with E-state index in [1.807, 2.05) is 6.08 Å². The Morgan fingerprint density at radius 1 is 1.07 bits per heavy atom. The fourth-order valence-electron chi connectivity index (χ4n) is 7.39. The van der Waals surface area contributed by atoms with E-state index in [9.17, 15) is 9.90 Å². The molecule has 0 aliphatic heterocycles. The molecular formula is C25H32O3. The summed E-state index contributed by atoms with van der Waals surface area (Å²) in [4.78, 5) is 12.2. The molecule has 0 spiro atoms. The second kappa shape index (κ2) is 6.73. The first-order valence-electron chi connectivity index (χ1n) is 11.1. The van der Waals surface area contributed by atoms with Gasteiger partial charge in [0.05, 0.1) is 13.2 Å². The van der Waals surface area contributed by atoms with Gasteiger partial charge in [0.1, 0.15) is 5.75 Å². The quantitative estimate of drug-likeness (QED) is 0.794. The molecule has 1 N–H and O–H groups in total. The molecule has 3 fully saturated rings. The number of ether oxygens (including phenoxy) is 1. The van der Waals surface area contributed by atoms with Crippen LogP contribution in [-0.4, -0.2) is 24.1 Å². The van der Waals surface area contributed by atoms with Gasteiger partial charge in [0.15, 0.2) is 5.78 Å². The largest absolute Gasteiger partial charge is 0.497 e. The van der Waals surface area contributed by atoms with Gasteiger partial charge >= 0.3 is 0 Å². The molecule has 7 atom stereocenters. The molecule has 3 saturated carbocycles. The summed E-state index contributed by atoms with van der Waals surface area (Å²) in [5.74, 6) is 4.09. The summed E-state index contributed by atoms with van der Waals surface area (Å²) in [6, 6.07) is 8.59. The molecule has 150 valence electrons. The molecule has 0 aromatic heterocycles. The molecule has 4 aliphatic rings. The molecular weight excluding hydrogens is 348 g/mol. The maximum Gasteiger partial charge on any atom is 0.155 e. The SMILES string of the molecule is COc1ccc([C@@H]2CC3=CC(=O)CC[C@@H]3[C@H]3CC[C@]4(C)[C@@H](O)CC[C@H]4[C@@H]32)cc1. The summed E-state index contributed by atoms with van der Waals surface area (Å²) >= 11 is 0. The van der Waals surface area contributed by atoms with Crippen molar-refractivity contribution in [3.05, 3.63) is 41.5 Å². The molecule has 0 unspecified atom stereocenters. The van der Waals surface area contributed by atoms with Crippen LogP contribution in [0.25, 0.3) is 0 Å². The van der Waals surface area contributed by atoms with Crippen LogP contribution >= 0.6 is 0 Å². The predicted octanol–water partition coefficient (Wildman–Crippen LogP) is 4.89. The van der Waals surface area contributed by atoms with Crippen molar-refractivity contribution in [1.82, 2.24) is 0 Å². The van der Waals surface area contributed by atoms with Gasteiger partial charge < -0.3 is 9.84 Å². The average molecular weight is 381 g/mol. The number of carbonyl (C=O) groups excluding carboxylic acids is 1. The van der Waals surface area contributed by atoms with E-state index in [2.05, 4.69) is 31.2 Å². The summed E-state index contributed by atoms with van der Waals surface area (Å²) < 4.78 is 5.37. The number of aliphatic hydroxyl groups is 1. The number of rotatable bonds is 2. The van der Waals surface area contributed by atoms with E-state index >= 15 is 0 Å². The number of fused-ring (bicyclic) bond motifs is 5. The van der Waals surface area contributed by atoms with Gasteiger partial charge in [-0.3, -0.25) is 4.79 Å². The van der Waals surface area contributed by atoms with Crippen LogP contribution in [0.3, 0.4) is 0 Å². The topological polar surface area (TPSA) is 46.5 Å². The Labute approximate surface area is 168 Å². The highest BCUT2D eigenvalue weighted by Gasteiger charge is 2.58. The van der Waals surface area contributed by atoms with Crippen LogP contribution in [0, 0.1) is 29.1 Å². The van der Waals surface area contributed by atoms with Crippen LogP contribution in [0.5, 0.6) is 5.75 Å². The van der Waals surface area contributed by atoms with Gasteiger partial charge in [-0.05, 0) is 97.3 Å². The molecule has 28 heavy (non-hydrogen) atoms. The Hall–Kier alpha value is -1.61. The third-order valence-corrected chi connectivity index (χ3v) is 8.84. The summed E-state index contributed by atoms with van der Waals surface area (Å²) in [5, 5.41) is 10.8. The Bertz CT molecular complexity index is 795. The van der Waals surface area contributed by atoms with Crippen LogP contribution in [0.1, 0.15) is 63.4 Å². The minimum Gasteiger partial charge on any atom is -0.497 e. The highest BCUT2D eigenvalue weighted by molar-refractivity contribution is 5.91. The van der Waals surface area contributed by atoms with Crippen molar-refractivity contribution in [2.24, 2.45) is 29.1 Å². The van der Waals surface area contributed by atoms with E-state index in [1.165, 1.54) is 17.6 Å². The van der Waals surface area contributed by atoms with Gasteiger partial charge in [-0.2, -0.15) is 0 Å². The first kappa shape index (κ1) is 18.4. The molecule has 3 heteroatoms. The third-order valence-electron chi connectivity index (χ3n) is 8.84. The van der Waals surface area contributed by atoms with Crippen LogP contribution in [0.15, 0.2) is 35.9 Å².